The Hall–Kier alpha value is -0.730. The lowest BCUT2D eigenvalue weighted by atomic mass is 9.88. The maximum Gasteiger partial charge on any atom is 0.134 e. The van der Waals surface area contributed by atoms with Gasteiger partial charge in [-0.1, -0.05) is 11.6 Å². The molecule has 0 saturated heterocycles. The second-order valence-corrected chi connectivity index (χ2v) is 3.91. The Bertz CT molecular complexity index is 338. The van der Waals surface area contributed by atoms with Gasteiger partial charge in [0.25, 0.3) is 0 Å². The van der Waals surface area contributed by atoms with Crippen LogP contribution in [0.25, 0.3) is 0 Å². The van der Waals surface area contributed by atoms with Crippen LogP contribution in [-0.2, 0) is 6.42 Å². The van der Waals surface area contributed by atoms with Gasteiger partial charge in [0, 0.05) is 6.04 Å². The summed E-state index contributed by atoms with van der Waals surface area (Å²) >= 11 is 5.80. The Labute approximate surface area is 82.3 Å². The quantitative estimate of drug-likeness (QED) is 0.671. The van der Waals surface area contributed by atoms with Crippen molar-refractivity contribution in [1.29, 1.82) is 0 Å². The van der Waals surface area contributed by atoms with Gasteiger partial charge in [0.2, 0.25) is 0 Å². The molecule has 2 nitrogen and oxygen atoms in total. The Morgan fingerprint density at radius 3 is 3.00 bits per heavy atom. The van der Waals surface area contributed by atoms with Crippen LogP contribution in [0.15, 0.2) is 12.1 Å². The van der Waals surface area contributed by atoms with E-state index in [0.717, 1.165) is 24.8 Å². The van der Waals surface area contributed by atoms with Crippen molar-refractivity contribution >= 4 is 11.6 Å². The second-order valence-electron chi connectivity index (χ2n) is 3.50. The summed E-state index contributed by atoms with van der Waals surface area (Å²) in [6.45, 7) is 0. The Morgan fingerprint density at radius 1 is 1.46 bits per heavy atom. The van der Waals surface area contributed by atoms with Crippen LogP contribution >= 0.6 is 11.6 Å². The summed E-state index contributed by atoms with van der Waals surface area (Å²) in [6, 6.07) is 3.58. The highest BCUT2D eigenvalue weighted by Gasteiger charge is 2.18. The summed E-state index contributed by atoms with van der Waals surface area (Å²) in [5, 5.41) is 9.83. The van der Waals surface area contributed by atoms with E-state index in [1.807, 2.05) is 6.07 Å². The Balaban J connectivity index is 2.52. The van der Waals surface area contributed by atoms with Gasteiger partial charge in [-0.05, 0) is 42.5 Å². The lowest BCUT2D eigenvalue weighted by Crippen LogP contribution is -2.17. The number of aromatic hydroxyl groups is 1. The molecule has 1 atom stereocenters. The van der Waals surface area contributed by atoms with Gasteiger partial charge in [-0.2, -0.15) is 0 Å². The number of aryl methyl sites for hydroxylation is 1. The Morgan fingerprint density at radius 2 is 2.23 bits per heavy atom. The van der Waals surface area contributed by atoms with Crippen molar-refractivity contribution in [3.8, 4) is 5.75 Å². The standard InChI is InChI=1S/C10H12ClNO/c11-8-4-6-2-1-3-9(12)7(6)5-10(8)13/h4-5,9,13H,1-3,12H2. The zero-order valence-corrected chi connectivity index (χ0v) is 8.01. The number of hydrogen-bond acceptors (Lipinski definition) is 2. The zero-order chi connectivity index (χ0) is 9.42. The van der Waals surface area contributed by atoms with Gasteiger partial charge in [-0.25, -0.2) is 0 Å². The number of phenolic OH excluding ortho intramolecular Hbond substituents is 1. The van der Waals surface area contributed by atoms with Crippen molar-refractivity contribution < 1.29 is 5.11 Å². The Kier molecular flexibility index (Phi) is 2.18. The van der Waals surface area contributed by atoms with Gasteiger partial charge in [0.05, 0.1) is 5.02 Å². The van der Waals surface area contributed by atoms with Crippen LogP contribution in [0.2, 0.25) is 5.02 Å². The number of halogens is 1. The largest absolute Gasteiger partial charge is 0.506 e. The topological polar surface area (TPSA) is 46.2 Å². The highest BCUT2D eigenvalue weighted by molar-refractivity contribution is 6.32. The van der Waals surface area contributed by atoms with Gasteiger partial charge < -0.3 is 10.8 Å². The van der Waals surface area contributed by atoms with E-state index < -0.39 is 0 Å². The van der Waals surface area contributed by atoms with Crippen molar-refractivity contribution in [2.45, 2.75) is 25.3 Å². The van der Waals surface area contributed by atoms with E-state index in [0.29, 0.717) is 5.02 Å². The highest BCUT2D eigenvalue weighted by atomic mass is 35.5. The summed E-state index contributed by atoms with van der Waals surface area (Å²) in [5.41, 5.74) is 8.14. The van der Waals surface area contributed by atoms with E-state index in [9.17, 15) is 5.11 Å². The molecule has 0 fully saturated rings. The predicted octanol–water partition coefficient (Wildman–Crippen LogP) is 2.38. The first-order valence-electron chi connectivity index (χ1n) is 4.45. The molecule has 0 amide bonds. The molecular formula is C10H12ClNO. The number of benzene rings is 1. The SMILES string of the molecule is NC1CCCc2cc(Cl)c(O)cc21. The number of rotatable bonds is 0. The van der Waals surface area contributed by atoms with E-state index in [-0.39, 0.29) is 11.8 Å². The molecule has 1 aliphatic rings. The van der Waals surface area contributed by atoms with Gasteiger partial charge in [-0.15, -0.1) is 0 Å². The predicted molar refractivity (Wildman–Crippen MR) is 53.0 cm³/mol. The molecule has 70 valence electrons. The highest BCUT2D eigenvalue weighted by Crippen LogP contribution is 2.34. The molecule has 2 rings (SSSR count). The zero-order valence-electron chi connectivity index (χ0n) is 7.26. The van der Waals surface area contributed by atoms with E-state index in [4.69, 9.17) is 17.3 Å². The normalized spacial score (nSPS) is 21.2. The summed E-state index contributed by atoms with van der Waals surface area (Å²) in [5.74, 6) is 0.137. The summed E-state index contributed by atoms with van der Waals surface area (Å²) < 4.78 is 0. The van der Waals surface area contributed by atoms with E-state index in [1.165, 1.54) is 5.56 Å². The van der Waals surface area contributed by atoms with Crippen molar-refractivity contribution in [3.63, 3.8) is 0 Å². The molecule has 0 bridgehead atoms. The number of hydrogen-bond donors (Lipinski definition) is 2. The maximum absolute atomic E-state index is 9.41. The minimum atomic E-state index is 0.0620. The molecule has 0 aliphatic heterocycles. The maximum atomic E-state index is 9.41. The van der Waals surface area contributed by atoms with Gasteiger partial charge in [-0.3, -0.25) is 0 Å². The van der Waals surface area contributed by atoms with E-state index in [2.05, 4.69) is 0 Å². The molecular weight excluding hydrogens is 186 g/mol. The van der Waals surface area contributed by atoms with Crippen LogP contribution in [-0.4, -0.2) is 5.11 Å². The van der Waals surface area contributed by atoms with E-state index in [1.54, 1.807) is 6.07 Å². The van der Waals surface area contributed by atoms with Crippen LogP contribution < -0.4 is 5.73 Å². The van der Waals surface area contributed by atoms with Gasteiger partial charge in [0.1, 0.15) is 5.75 Å². The molecule has 1 unspecified atom stereocenters. The van der Waals surface area contributed by atoms with Gasteiger partial charge in [0.15, 0.2) is 0 Å². The van der Waals surface area contributed by atoms with Gasteiger partial charge >= 0.3 is 0 Å². The second kappa shape index (κ2) is 3.20. The fraction of sp³-hybridized carbons (Fsp3) is 0.400. The first kappa shape index (κ1) is 8.85. The average Bonchev–Trinajstić information content (AvgIpc) is 2.09. The van der Waals surface area contributed by atoms with Crippen molar-refractivity contribution in [2.24, 2.45) is 5.73 Å². The van der Waals surface area contributed by atoms with Crippen molar-refractivity contribution in [1.82, 2.24) is 0 Å². The van der Waals surface area contributed by atoms with Crippen molar-refractivity contribution in [2.75, 3.05) is 0 Å². The molecule has 0 heterocycles. The van der Waals surface area contributed by atoms with E-state index >= 15 is 0 Å². The van der Waals surface area contributed by atoms with Crippen LogP contribution in [0.5, 0.6) is 5.75 Å². The van der Waals surface area contributed by atoms with Crippen LogP contribution in [0.4, 0.5) is 0 Å². The van der Waals surface area contributed by atoms with Crippen molar-refractivity contribution in [3.05, 3.63) is 28.3 Å². The molecule has 0 spiro atoms. The lowest BCUT2D eigenvalue weighted by Gasteiger charge is -2.22. The van der Waals surface area contributed by atoms with Crippen LogP contribution in [0, 0.1) is 0 Å². The molecule has 3 N–H and O–H groups in total. The first-order valence-corrected chi connectivity index (χ1v) is 4.83. The molecule has 0 aromatic heterocycles. The van der Waals surface area contributed by atoms with Crippen LogP contribution in [0.3, 0.4) is 0 Å². The molecule has 3 heteroatoms. The number of fused-ring (bicyclic) bond motifs is 1. The third kappa shape index (κ3) is 1.52. The monoisotopic (exact) mass is 197 g/mol. The summed E-state index contributed by atoms with van der Waals surface area (Å²) in [6.07, 6.45) is 3.12. The molecule has 0 saturated carbocycles. The molecule has 13 heavy (non-hydrogen) atoms. The number of phenols is 1. The molecule has 1 aliphatic carbocycles. The minimum absolute atomic E-state index is 0.0620. The third-order valence-corrected chi connectivity index (χ3v) is 2.87. The summed E-state index contributed by atoms with van der Waals surface area (Å²) in [7, 11) is 0. The average molecular weight is 198 g/mol. The molecule has 0 radical (unpaired) electrons. The lowest BCUT2D eigenvalue weighted by molar-refractivity contribution is 0.470. The third-order valence-electron chi connectivity index (χ3n) is 2.57. The van der Waals surface area contributed by atoms with Crippen LogP contribution in [0.1, 0.15) is 30.0 Å². The number of nitrogens with two attached hydrogens (primary N) is 1. The molecule has 1 aromatic carbocycles. The molecule has 1 aromatic rings. The fourth-order valence-electron chi connectivity index (χ4n) is 1.85. The first-order chi connectivity index (χ1) is 6.18. The smallest absolute Gasteiger partial charge is 0.134 e. The summed E-state index contributed by atoms with van der Waals surface area (Å²) in [4.78, 5) is 0. The fourth-order valence-corrected chi connectivity index (χ4v) is 2.04. The minimum Gasteiger partial charge on any atom is -0.506 e.